The van der Waals surface area contributed by atoms with Gasteiger partial charge in [0.2, 0.25) is 2.88 Å². The average molecular weight is 442 g/mol. The largest absolute Gasteiger partial charge is 0.673 e. The second kappa shape index (κ2) is 7.48. The van der Waals surface area contributed by atoms with E-state index in [1.54, 1.807) is 17.4 Å². The van der Waals surface area contributed by atoms with Crippen LogP contribution in [0.3, 0.4) is 0 Å². The van der Waals surface area contributed by atoms with Gasteiger partial charge in [0.15, 0.2) is 3.57 Å². The van der Waals surface area contributed by atoms with Crippen LogP contribution in [0.15, 0.2) is 41.8 Å². The van der Waals surface area contributed by atoms with Gasteiger partial charge >= 0.3 is 34.6 Å². The quantitative estimate of drug-likeness (QED) is 0.381. The topological polar surface area (TPSA) is 0 Å². The van der Waals surface area contributed by atoms with Crippen molar-refractivity contribution in [3.05, 3.63) is 53.8 Å². The molecule has 2 rings (SSSR count). The molecule has 0 bridgehead atoms. The van der Waals surface area contributed by atoms with Gasteiger partial charge in [0.1, 0.15) is 0 Å². The molecule has 0 aliphatic carbocycles. The van der Waals surface area contributed by atoms with Gasteiger partial charge in [0.25, 0.3) is 0 Å². The van der Waals surface area contributed by atoms with Crippen molar-refractivity contribution in [1.82, 2.24) is 0 Å². The second-order valence-corrected chi connectivity index (χ2v) is 8.14. The van der Waals surface area contributed by atoms with Gasteiger partial charge in [-0.15, -0.1) is 0 Å². The molecule has 0 unspecified atom stereocenters. The van der Waals surface area contributed by atoms with Crippen molar-refractivity contribution >= 4 is 18.6 Å². The minimum Gasteiger partial charge on any atom is -0.418 e. The molecule has 1 aromatic heterocycles. The molecule has 1 aromatic carbocycles. The fourth-order valence-corrected chi connectivity index (χ4v) is 4.93. The number of hydrogen-bond donors (Lipinski definition) is 0. The molecule has 0 saturated heterocycles. The van der Waals surface area contributed by atoms with Crippen LogP contribution in [0.1, 0.15) is 5.56 Å². The van der Waals surface area contributed by atoms with Crippen LogP contribution in [0.4, 0.5) is 30.4 Å². The molecule has 0 atom stereocenters. The van der Waals surface area contributed by atoms with Gasteiger partial charge in [-0.2, -0.15) is 13.2 Å². The predicted molar refractivity (Wildman–Crippen MR) is 63.3 cm³/mol. The Morgan fingerprint density at radius 2 is 1.57 bits per heavy atom. The lowest BCUT2D eigenvalue weighted by Crippen LogP contribution is -3.61. The molecule has 10 heteroatoms. The normalized spacial score (nSPS) is 11.8. The minimum atomic E-state index is -6.00. The third-order valence-electron chi connectivity index (χ3n) is 1.84. The number of thiophene rings is 1. The molecule has 1 heterocycles. The van der Waals surface area contributed by atoms with Crippen molar-refractivity contribution in [2.24, 2.45) is 0 Å². The van der Waals surface area contributed by atoms with Gasteiger partial charge in [-0.1, -0.05) is 17.4 Å². The number of hydrogen-bond acceptors (Lipinski definition) is 1. The Kier molecular flexibility index (Phi) is 6.51. The van der Waals surface area contributed by atoms with E-state index in [0.717, 1.165) is 9.64 Å². The highest BCUT2D eigenvalue weighted by atomic mass is 127. The van der Waals surface area contributed by atoms with Crippen LogP contribution in [0.5, 0.6) is 0 Å². The van der Waals surface area contributed by atoms with Crippen molar-refractivity contribution in [1.29, 1.82) is 0 Å². The molecule has 0 fully saturated rings. The monoisotopic (exact) mass is 442 g/mol. The summed E-state index contributed by atoms with van der Waals surface area (Å²) in [7, 11) is -6.00. The van der Waals surface area contributed by atoms with Crippen LogP contribution in [-0.4, -0.2) is 7.25 Å². The van der Waals surface area contributed by atoms with Gasteiger partial charge in [-0.3, -0.25) is 0 Å². The van der Waals surface area contributed by atoms with E-state index in [1.165, 1.54) is 15.0 Å². The molecule has 0 radical (unpaired) electrons. The van der Waals surface area contributed by atoms with E-state index in [4.69, 9.17) is 0 Å². The van der Waals surface area contributed by atoms with Crippen molar-refractivity contribution in [2.45, 2.75) is 6.18 Å². The zero-order valence-corrected chi connectivity index (χ0v) is 13.0. The van der Waals surface area contributed by atoms with Crippen molar-refractivity contribution in [3.63, 3.8) is 0 Å². The lowest BCUT2D eigenvalue weighted by Gasteiger charge is -2.04. The van der Waals surface area contributed by atoms with Gasteiger partial charge < -0.3 is 17.3 Å². The van der Waals surface area contributed by atoms with Crippen LogP contribution in [-0.2, 0) is 6.18 Å². The number of alkyl halides is 3. The summed E-state index contributed by atoms with van der Waals surface area (Å²) in [4.78, 5) is 0. The Bertz CT molecular complexity index is 544. The van der Waals surface area contributed by atoms with E-state index in [-0.39, 0.29) is 0 Å². The first-order valence-corrected chi connectivity index (χ1v) is 8.32. The highest BCUT2D eigenvalue weighted by molar-refractivity contribution is 7.07. The Balaban J connectivity index is 0.000000383. The smallest absolute Gasteiger partial charge is 0.418 e. The average Bonchev–Trinajstić information content (AvgIpc) is 2.79. The summed E-state index contributed by atoms with van der Waals surface area (Å²) in [6, 6.07) is 9.51. The van der Waals surface area contributed by atoms with Gasteiger partial charge in [0.05, 0.1) is 5.56 Å². The van der Waals surface area contributed by atoms with E-state index in [9.17, 15) is 30.4 Å². The maximum atomic E-state index is 12.5. The zero-order chi connectivity index (χ0) is 16.1. The number of halogens is 8. The number of rotatable bonds is 2. The molecule has 0 saturated carbocycles. The maximum Gasteiger partial charge on any atom is 0.673 e. The molecule has 116 valence electrons. The minimum absolute atomic E-state index is 0.480. The first-order chi connectivity index (χ1) is 9.55. The van der Waals surface area contributed by atoms with E-state index >= 15 is 0 Å². The molecular formula is C11H7BF7IS. The summed E-state index contributed by atoms with van der Waals surface area (Å²) in [5, 5.41) is 1.95. The Labute approximate surface area is 130 Å². The summed E-state index contributed by atoms with van der Waals surface area (Å²) < 4.78 is 78.4. The molecule has 0 aliphatic rings. The van der Waals surface area contributed by atoms with Gasteiger partial charge in [-0.25, -0.2) is 0 Å². The van der Waals surface area contributed by atoms with Crippen molar-refractivity contribution < 1.29 is 51.6 Å². The van der Waals surface area contributed by atoms with Gasteiger partial charge in [0, 0.05) is 12.1 Å². The molecule has 2 aromatic rings. The van der Waals surface area contributed by atoms with Crippen LogP contribution >= 0.6 is 11.3 Å². The van der Waals surface area contributed by atoms with Crippen molar-refractivity contribution in [2.75, 3.05) is 0 Å². The summed E-state index contributed by atoms with van der Waals surface area (Å²) in [6.45, 7) is 0. The molecule has 0 amide bonds. The summed E-state index contributed by atoms with van der Waals surface area (Å²) in [6.07, 6.45) is -4.24. The van der Waals surface area contributed by atoms with Crippen LogP contribution in [0, 0.1) is 6.45 Å². The molecule has 0 spiro atoms. The lowest BCUT2D eigenvalue weighted by molar-refractivity contribution is -0.591. The SMILES string of the molecule is FC(F)(F)c1cccc([I+]c2cccs2)c1.F[B-](F)(F)F. The van der Waals surface area contributed by atoms with E-state index < -0.39 is 40.2 Å². The molecule has 21 heavy (non-hydrogen) atoms. The van der Waals surface area contributed by atoms with Crippen LogP contribution in [0.2, 0.25) is 0 Å². The summed E-state index contributed by atoms with van der Waals surface area (Å²) >= 11 is 1.12. The third kappa shape index (κ3) is 8.29. The zero-order valence-electron chi connectivity index (χ0n) is 10.1. The number of benzene rings is 1. The van der Waals surface area contributed by atoms with E-state index in [2.05, 4.69) is 0 Å². The fraction of sp³-hybridized carbons (Fsp3) is 0.0909. The third-order valence-corrected chi connectivity index (χ3v) is 5.96. The predicted octanol–water partition coefficient (Wildman–Crippen LogP) is 2.20. The maximum absolute atomic E-state index is 12.5. The standard InChI is InChI=1S/C11H7F3IS.BF4/c12-11(13,14)8-3-1-4-9(7-8)15-10-5-2-6-16-10;2-1(3,4)5/h1-7H;/q+1;-1. The van der Waals surface area contributed by atoms with E-state index in [0.29, 0.717) is 0 Å². The lowest BCUT2D eigenvalue weighted by atomic mass is 10.2. The van der Waals surface area contributed by atoms with Crippen LogP contribution in [0.25, 0.3) is 0 Å². The van der Waals surface area contributed by atoms with Gasteiger partial charge in [-0.05, 0) is 23.6 Å². The fourth-order valence-electron chi connectivity index (χ4n) is 1.14. The Morgan fingerprint density at radius 1 is 0.952 bits per heavy atom. The first-order valence-electron chi connectivity index (χ1n) is 5.28. The molecule has 0 N–H and O–H groups in total. The Morgan fingerprint density at radius 3 is 2.05 bits per heavy atom. The highest BCUT2D eigenvalue weighted by Crippen LogP contribution is 2.28. The molecule has 0 nitrogen and oxygen atoms in total. The molecule has 0 aliphatic heterocycles. The summed E-state index contributed by atoms with van der Waals surface area (Å²) in [5.74, 6) is 0. The second-order valence-electron chi connectivity index (χ2n) is 3.51. The molecular weight excluding hydrogens is 435 g/mol. The van der Waals surface area contributed by atoms with Crippen molar-refractivity contribution in [3.8, 4) is 0 Å². The first kappa shape index (κ1) is 18.3. The Hall–Kier alpha value is -0.775. The van der Waals surface area contributed by atoms with E-state index in [1.807, 2.05) is 17.5 Å². The highest BCUT2D eigenvalue weighted by Gasteiger charge is 2.32. The van der Waals surface area contributed by atoms with Crippen LogP contribution < -0.4 is 21.2 Å². The summed E-state index contributed by atoms with van der Waals surface area (Å²) in [5.41, 5.74) is -0.554.